The number of aliphatic hydroxyl groups excluding tert-OH is 2. The van der Waals surface area contributed by atoms with Crippen molar-refractivity contribution >= 4 is 35.6 Å². The summed E-state index contributed by atoms with van der Waals surface area (Å²) >= 11 is 0. The molecule has 0 heterocycles. The van der Waals surface area contributed by atoms with Gasteiger partial charge >= 0.3 is 0 Å². The summed E-state index contributed by atoms with van der Waals surface area (Å²) < 4.78 is 0. The second-order valence-corrected chi connectivity index (χ2v) is 9.53. The summed E-state index contributed by atoms with van der Waals surface area (Å²) in [7, 11) is 6.34. The molecule has 3 aliphatic rings. The van der Waals surface area contributed by atoms with Gasteiger partial charge in [-0.1, -0.05) is 6.07 Å². The number of Topliss-reactive ketones (excluding diaryl/α,β-unsaturated/α-hetero) is 2. The summed E-state index contributed by atoms with van der Waals surface area (Å²) in [5, 5.41) is 45.7. The van der Waals surface area contributed by atoms with Crippen LogP contribution in [0.4, 0.5) is 0 Å². The lowest BCUT2D eigenvalue weighted by molar-refractivity contribution is -0.153. The number of nitrogens with two attached hydrogens (primary N) is 1. The normalized spacial score (nSPS) is 27.6. The monoisotopic (exact) mass is 523 g/mol. The molecule has 196 valence electrons. The Morgan fingerprint density at radius 1 is 1.19 bits per heavy atom. The Bertz CT molecular complexity index is 1210. The first-order valence-corrected chi connectivity index (χ1v) is 11.1. The van der Waals surface area contributed by atoms with Crippen LogP contribution in [0.2, 0.25) is 0 Å². The van der Waals surface area contributed by atoms with Crippen LogP contribution < -0.4 is 5.73 Å². The highest BCUT2D eigenvalue weighted by Gasteiger charge is 2.64. The van der Waals surface area contributed by atoms with E-state index in [0.717, 1.165) is 5.56 Å². The number of aliphatic hydroxyl groups is 3. The molecule has 3 aliphatic carbocycles. The summed E-state index contributed by atoms with van der Waals surface area (Å²) in [5.41, 5.74) is 3.09. The first-order valence-electron chi connectivity index (χ1n) is 11.1. The molecule has 4 atom stereocenters. The number of primary amides is 1. The lowest BCUT2D eigenvalue weighted by atomic mass is 9.57. The zero-order chi connectivity index (χ0) is 26.0. The molecule has 0 aromatic heterocycles. The van der Waals surface area contributed by atoms with Crippen LogP contribution in [0.25, 0.3) is 5.76 Å². The maximum atomic E-state index is 13.8. The van der Waals surface area contributed by atoms with Gasteiger partial charge in [0.05, 0.1) is 18.7 Å². The van der Waals surface area contributed by atoms with Crippen molar-refractivity contribution < 1.29 is 39.6 Å². The number of nitrogens with zero attached hydrogens (tertiary/aromatic N) is 2. The number of rotatable bonds is 5. The van der Waals surface area contributed by atoms with E-state index in [1.165, 1.54) is 18.1 Å². The van der Waals surface area contributed by atoms with Gasteiger partial charge in [-0.15, -0.1) is 12.4 Å². The van der Waals surface area contributed by atoms with Gasteiger partial charge in [0.1, 0.15) is 22.8 Å². The molecule has 4 rings (SSSR count). The first-order chi connectivity index (χ1) is 16.4. The van der Waals surface area contributed by atoms with Crippen molar-refractivity contribution in [1.82, 2.24) is 9.96 Å². The van der Waals surface area contributed by atoms with E-state index in [2.05, 4.69) is 0 Å². The molecule has 6 N–H and O–H groups in total. The Balaban J connectivity index is 0.00000361. The number of hydrogen-bond acceptors (Lipinski definition) is 10. The Labute approximate surface area is 213 Å². The van der Waals surface area contributed by atoms with E-state index in [0.29, 0.717) is 12.1 Å². The average Bonchev–Trinajstić information content (AvgIpc) is 2.77. The fraction of sp³-hybridized carbons (Fsp3) is 0.458. The van der Waals surface area contributed by atoms with Gasteiger partial charge in [-0.3, -0.25) is 19.3 Å². The molecule has 12 heteroatoms. The van der Waals surface area contributed by atoms with Crippen LogP contribution in [-0.2, 0) is 32.2 Å². The van der Waals surface area contributed by atoms with Gasteiger partial charge in [0.2, 0.25) is 5.78 Å². The molecular weight excluding hydrogens is 494 g/mol. The van der Waals surface area contributed by atoms with E-state index in [9.17, 15) is 34.8 Å². The molecule has 0 bridgehead atoms. The average molecular weight is 524 g/mol. The second kappa shape index (κ2) is 9.49. The lowest BCUT2D eigenvalue weighted by Gasteiger charge is -2.50. The third-order valence-electron chi connectivity index (χ3n) is 7.41. The van der Waals surface area contributed by atoms with Crippen molar-refractivity contribution in [3.63, 3.8) is 0 Å². The number of benzene rings is 1. The van der Waals surface area contributed by atoms with Crippen molar-refractivity contribution in [2.45, 2.75) is 31.0 Å². The van der Waals surface area contributed by atoms with E-state index in [1.807, 2.05) is 0 Å². The number of carbonyl (C=O) groups excluding carboxylic acids is 3. The Morgan fingerprint density at radius 2 is 1.83 bits per heavy atom. The van der Waals surface area contributed by atoms with Gasteiger partial charge in [0.25, 0.3) is 5.91 Å². The van der Waals surface area contributed by atoms with Crippen LogP contribution in [0.1, 0.15) is 23.1 Å². The Hall–Kier alpha value is -2.96. The van der Waals surface area contributed by atoms with E-state index < -0.39 is 58.0 Å². The van der Waals surface area contributed by atoms with Gasteiger partial charge in [0, 0.05) is 25.1 Å². The fourth-order valence-corrected chi connectivity index (χ4v) is 5.76. The number of halogens is 1. The molecule has 1 aromatic rings. The van der Waals surface area contributed by atoms with Crippen LogP contribution in [0.3, 0.4) is 0 Å². The number of phenols is 1. The van der Waals surface area contributed by atoms with Crippen LogP contribution in [0, 0.1) is 11.8 Å². The number of fused-ring (bicyclic) bond motifs is 3. The number of hydrogen-bond donors (Lipinski definition) is 5. The van der Waals surface area contributed by atoms with Crippen molar-refractivity contribution in [2.75, 3.05) is 28.3 Å². The van der Waals surface area contributed by atoms with Gasteiger partial charge in [-0.25, -0.2) is 0 Å². The number of hydroxylamine groups is 2. The smallest absolute Gasteiger partial charge is 0.255 e. The second-order valence-electron chi connectivity index (χ2n) is 9.53. The van der Waals surface area contributed by atoms with Crippen LogP contribution in [-0.4, -0.2) is 87.8 Å². The maximum absolute atomic E-state index is 13.8. The molecule has 0 aliphatic heterocycles. The number of likely N-dealkylation sites (N-methyl/N-ethyl adjacent to an activating group) is 1. The molecule has 0 saturated heterocycles. The number of phenolic OH excluding ortho intramolecular Hbond substituents is 1. The van der Waals surface area contributed by atoms with Crippen LogP contribution >= 0.6 is 12.4 Å². The van der Waals surface area contributed by atoms with Crippen molar-refractivity contribution in [3.05, 3.63) is 45.7 Å². The predicted octanol–water partition coefficient (Wildman–Crippen LogP) is 0.379. The molecule has 0 unspecified atom stereocenters. The highest BCUT2D eigenvalue weighted by Crippen LogP contribution is 2.52. The number of amides is 1. The molecular formula is C24H30ClN3O8. The van der Waals surface area contributed by atoms with Crippen molar-refractivity contribution in [2.24, 2.45) is 17.6 Å². The largest absolute Gasteiger partial charge is 0.508 e. The quantitative estimate of drug-likeness (QED) is 0.268. The standard InChI is InChI=1S/C24H29N3O8.ClH/c1-26(2)18-13-8-11-7-12-10(9-27(3)35-4)5-6-14(28)16(12)19(29)15(11)21(31)24(13,34)22(32)17(20(18)30)23(25)33;/h5-6,11,13,18,28-29,32,34H,7-9H2,1-4H3,(H2,25,33);1H/t11-,13-,18+,24+;/m1./s1. The highest BCUT2D eigenvalue weighted by atomic mass is 35.5. The first kappa shape index (κ1) is 27.6. The minimum absolute atomic E-state index is 0. The number of carbonyl (C=O) groups is 3. The van der Waals surface area contributed by atoms with Crippen LogP contribution in [0.5, 0.6) is 5.75 Å². The highest BCUT2D eigenvalue weighted by molar-refractivity contribution is 6.24. The topological polar surface area (TPSA) is 174 Å². The molecule has 1 fully saturated rings. The third-order valence-corrected chi connectivity index (χ3v) is 7.41. The predicted molar refractivity (Wildman–Crippen MR) is 130 cm³/mol. The Kier molecular flexibility index (Phi) is 7.28. The van der Waals surface area contributed by atoms with Gasteiger partial charge in [0.15, 0.2) is 11.4 Å². The van der Waals surface area contributed by atoms with E-state index in [-0.39, 0.29) is 42.1 Å². The zero-order valence-corrected chi connectivity index (χ0v) is 21.1. The molecule has 36 heavy (non-hydrogen) atoms. The molecule has 1 saturated carbocycles. The lowest BCUT2D eigenvalue weighted by Crippen LogP contribution is -2.65. The minimum Gasteiger partial charge on any atom is -0.508 e. The Morgan fingerprint density at radius 3 is 2.39 bits per heavy atom. The molecule has 0 spiro atoms. The van der Waals surface area contributed by atoms with Gasteiger partial charge < -0.3 is 31.0 Å². The fourth-order valence-electron chi connectivity index (χ4n) is 5.76. The van der Waals surface area contributed by atoms with E-state index >= 15 is 0 Å². The third kappa shape index (κ3) is 3.78. The summed E-state index contributed by atoms with van der Waals surface area (Å²) in [6, 6.07) is 1.98. The molecule has 11 nitrogen and oxygen atoms in total. The van der Waals surface area contributed by atoms with Gasteiger partial charge in [-0.05, 0) is 50.0 Å². The number of aromatic hydroxyl groups is 1. The maximum Gasteiger partial charge on any atom is 0.255 e. The zero-order valence-electron chi connectivity index (χ0n) is 20.3. The SMILES string of the molecule is CON(C)Cc1ccc(O)c2c1C[C@@H]1C[C@@H]3[C@H](N(C)C)C(=O)C(C(N)=O)=C(O)[C@@]3(O)C(=O)C1=C2O.Cl. The van der Waals surface area contributed by atoms with E-state index in [4.69, 9.17) is 10.6 Å². The summed E-state index contributed by atoms with van der Waals surface area (Å²) in [6.45, 7) is 0.333. The molecule has 1 amide bonds. The van der Waals surface area contributed by atoms with Crippen molar-refractivity contribution in [3.8, 4) is 5.75 Å². The number of ketones is 2. The van der Waals surface area contributed by atoms with Crippen LogP contribution in [0.15, 0.2) is 29.0 Å². The molecule has 0 radical (unpaired) electrons. The molecule has 1 aromatic carbocycles. The van der Waals surface area contributed by atoms with Crippen molar-refractivity contribution in [1.29, 1.82) is 0 Å². The summed E-state index contributed by atoms with van der Waals surface area (Å²) in [6.07, 6.45) is 0.275. The summed E-state index contributed by atoms with van der Waals surface area (Å²) in [5.74, 6) is -6.68. The van der Waals surface area contributed by atoms with Gasteiger partial charge in [-0.2, -0.15) is 5.06 Å². The van der Waals surface area contributed by atoms with E-state index in [1.54, 1.807) is 32.3 Å². The summed E-state index contributed by atoms with van der Waals surface area (Å²) in [4.78, 5) is 45.5. The minimum atomic E-state index is -2.64.